The fraction of sp³-hybridized carbons (Fsp3) is 0. The Balaban J connectivity index is 1.40. The second-order valence-corrected chi connectivity index (χ2v) is 7.21. The van der Waals surface area contributed by atoms with Crippen LogP contribution in [0.2, 0.25) is 0 Å². The van der Waals surface area contributed by atoms with E-state index >= 15 is 0 Å². The van der Waals surface area contributed by atoms with Crippen LogP contribution in [-0.4, -0.2) is 20.9 Å². The van der Waals surface area contributed by atoms with Crippen LogP contribution in [0.25, 0.3) is 0 Å². The highest BCUT2D eigenvalue weighted by Gasteiger charge is 2.07. The van der Waals surface area contributed by atoms with Gasteiger partial charge in [0.1, 0.15) is 23.8 Å². The number of aromatic nitrogens is 3. The highest BCUT2D eigenvalue weighted by molar-refractivity contribution is 9.10. The molecule has 3 N–H and O–H groups in total. The molecular weight excluding hydrogens is 444 g/mol. The summed E-state index contributed by atoms with van der Waals surface area (Å²) in [5.74, 6) is 1.80. The molecule has 0 unspecified atom stereocenters. The van der Waals surface area contributed by atoms with Gasteiger partial charge in [0, 0.05) is 33.7 Å². The summed E-state index contributed by atoms with van der Waals surface area (Å²) in [5, 5.41) is 9.23. The number of halogens is 1. The third-order valence-corrected chi connectivity index (χ3v) is 4.58. The number of hydrogen-bond acceptors (Lipinski definition) is 6. The number of rotatable bonds is 6. The van der Waals surface area contributed by atoms with Crippen LogP contribution in [0, 0.1) is 0 Å². The van der Waals surface area contributed by atoms with Crippen molar-refractivity contribution in [3.63, 3.8) is 0 Å². The standard InChI is InChI=1S/C22H17BrN6O/c23-16-5-3-4-15(12-16)22(30)28-18-9-7-17(8-10-18)27-20-13-21(26-14-25-20)29-19-6-1-2-11-24-19/h1-14H,(H,28,30)(H2,24,25,26,27,29). The largest absolute Gasteiger partial charge is 0.340 e. The van der Waals surface area contributed by atoms with E-state index in [0.717, 1.165) is 10.2 Å². The van der Waals surface area contributed by atoms with Crippen LogP contribution in [-0.2, 0) is 0 Å². The van der Waals surface area contributed by atoms with Crippen molar-refractivity contribution in [1.82, 2.24) is 15.0 Å². The van der Waals surface area contributed by atoms with Crippen LogP contribution < -0.4 is 16.0 Å². The van der Waals surface area contributed by atoms with Crippen LogP contribution in [0.3, 0.4) is 0 Å². The summed E-state index contributed by atoms with van der Waals surface area (Å²) in [4.78, 5) is 25.0. The van der Waals surface area contributed by atoms with Gasteiger partial charge < -0.3 is 16.0 Å². The van der Waals surface area contributed by atoms with E-state index in [2.05, 4.69) is 46.8 Å². The van der Waals surface area contributed by atoms with Crippen LogP contribution >= 0.6 is 15.9 Å². The molecule has 2 heterocycles. The Hall–Kier alpha value is -3.78. The lowest BCUT2D eigenvalue weighted by atomic mass is 10.2. The summed E-state index contributed by atoms with van der Waals surface area (Å²) in [5.41, 5.74) is 2.11. The molecule has 0 aliphatic heterocycles. The molecule has 8 heteroatoms. The van der Waals surface area contributed by atoms with Crippen LogP contribution in [0.15, 0.2) is 89.8 Å². The molecule has 4 rings (SSSR count). The molecule has 148 valence electrons. The molecule has 0 saturated carbocycles. The number of carbonyl (C=O) groups excluding carboxylic acids is 1. The lowest BCUT2D eigenvalue weighted by molar-refractivity contribution is 0.102. The van der Waals surface area contributed by atoms with Gasteiger partial charge in [0.15, 0.2) is 0 Å². The van der Waals surface area contributed by atoms with E-state index < -0.39 is 0 Å². The van der Waals surface area contributed by atoms with E-state index in [0.29, 0.717) is 28.7 Å². The van der Waals surface area contributed by atoms with Gasteiger partial charge in [0.05, 0.1) is 0 Å². The number of hydrogen-bond donors (Lipinski definition) is 3. The van der Waals surface area contributed by atoms with E-state index in [1.165, 1.54) is 6.33 Å². The number of benzene rings is 2. The minimum Gasteiger partial charge on any atom is -0.340 e. The second-order valence-electron chi connectivity index (χ2n) is 6.30. The molecule has 2 aromatic carbocycles. The zero-order chi connectivity index (χ0) is 20.8. The molecule has 1 amide bonds. The molecule has 0 aliphatic rings. The van der Waals surface area contributed by atoms with Crippen molar-refractivity contribution < 1.29 is 4.79 Å². The Morgan fingerprint density at radius 3 is 2.23 bits per heavy atom. The Morgan fingerprint density at radius 1 is 0.733 bits per heavy atom. The highest BCUT2D eigenvalue weighted by atomic mass is 79.9. The zero-order valence-corrected chi connectivity index (χ0v) is 17.3. The summed E-state index contributed by atoms with van der Waals surface area (Å²) >= 11 is 3.37. The van der Waals surface area contributed by atoms with E-state index in [9.17, 15) is 4.79 Å². The van der Waals surface area contributed by atoms with Gasteiger partial charge in [0.2, 0.25) is 0 Å². The number of carbonyl (C=O) groups is 1. The third-order valence-electron chi connectivity index (χ3n) is 4.09. The van der Waals surface area contributed by atoms with Crippen molar-refractivity contribution in [3.05, 3.63) is 95.4 Å². The molecule has 0 spiro atoms. The SMILES string of the molecule is O=C(Nc1ccc(Nc2cc(Nc3ccccn3)ncn2)cc1)c1cccc(Br)c1. The molecule has 0 saturated heterocycles. The summed E-state index contributed by atoms with van der Waals surface area (Å²) in [7, 11) is 0. The third kappa shape index (κ3) is 5.18. The molecule has 0 bridgehead atoms. The molecule has 2 aromatic heterocycles. The minimum atomic E-state index is -0.168. The molecule has 0 aliphatic carbocycles. The monoisotopic (exact) mass is 460 g/mol. The van der Waals surface area contributed by atoms with Gasteiger partial charge in [0.25, 0.3) is 5.91 Å². The van der Waals surface area contributed by atoms with E-state index in [1.807, 2.05) is 54.6 Å². The number of pyridine rings is 1. The van der Waals surface area contributed by atoms with Gasteiger partial charge in [-0.25, -0.2) is 15.0 Å². The average Bonchev–Trinajstić information content (AvgIpc) is 2.76. The van der Waals surface area contributed by atoms with E-state index in [4.69, 9.17) is 0 Å². The zero-order valence-electron chi connectivity index (χ0n) is 15.7. The molecule has 0 fully saturated rings. The maximum absolute atomic E-state index is 12.4. The lowest BCUT2D eigenvalue weighted by Crippen LogP contribution is -2.11. The summed E-state index contributed by atoms with van der Waals surface area (Å²) in [6.07, 6.45) is 3.18. The van der Waals surface area contributed by atoms with Gasteiger partial charge in [-0.3, -0.25) is 4.79 Å². The summed E-state index contributed by atoms with van der Waals surface area (Å²) in [6, 6.07) is 22.0. The van der Waals surface area contributed by atoms with Crippen molar-refractivity contribution in [3.8, 4) is 0 Å². The Morgan fingerprint density at radius 2 is 1.50 bits per heavy atom. The lowest BCUT2D eigenvalue weighted by Gasteiger charge is -2.10. The molecule has 4 aromatic rings. The average molecular weight is 461 g/mol. The van der Waals surface area contributed by atoms with Crippen molar-refractivity contribution >= 4 is 50.7 Å². The Bertz CT molecular complexity index is 1150. The molecule has 7 nitrogen and oxygen atoms in total. The van der Waals surface area contributed by atoms with Crippen LogP contribution in [0.5, 0.6) is 0 Å². The number of nitrogens with one attached hydrogen (secondary N) is 3. The van der Waals surface area contributed by atoms with Gasteiger partial charge in [-0.15, -0.1) is 0 Å². The molecular formula is C22H17BrN6O. The molecule has 0 radical (unpaired) electrons. The fourth-order valence-electron chi connectivity index (χ4n) is 2.68. The molecule has 30 heavy (non-hydrogen) atoms. The Labute approximate surface area is 181 Å². The van der Waals surface area contributed by atoms with Crippen LogP contribution in [0.1, 0.15) is 10.4 Å². The first-order valence-electron chi connectivity index (χ1n) is 9.10. The predicted octanol–water partition coefficient (Wildman–Crippen LogP) is 5.37. The van der Waals surface area contributed by atoms with Gasteiger partial charge in [-0.05, 0) is 54.6 Å². The highest BCUT2D eigenvalue weighted by Crippen LogP contribution is 2.21. The van der Waals surface area contributed by atoms with Gasteiger partial charge in [-0.2, -0.15) is 0 Å². The smallest absolute Gasteiger partial charge is 0.255 e. The quantitative estimate of drug-likeness (QED) is 0.358. The van der Waals surface area contributed by atoms with E-state index in [-0.39, 0.29) is 5.91 Å². The second kappa shape index (κ2) is 9.15. The number of amides is 1. The fourth-order valence-corrected chi connectivity index (χ4v) is 3.08. The predicted molar refractivity (Wildman–Crippen MR) is 121 cm³/mol. The first-order valence-corrected chi connectivity index (χ1v) is 9.89. The maximum atomic E-state index is 12.4. The van der Waals surface area contributed by atoms with Crippen molar-refractivity contribution in [2.75, 3.05) is 16.0 Å². The Kier molecular flexibility index (Phi) is 5.95. The van der Waals surface area contributed by atoms with E-state index in [1.54, 1.807) is 24.4 Å². The van der Waals surface area contributed by atoms with Crippen molar-refractivity contribution in [2.45, 2.75) is 0 Å². The first kappa shape index (κ1) is 19.5. The summed E-state index contributed by atoms with van der Waals surface area (Å²) in [6.45, 7) is 0. The normalized spacial score (nSPS) is 10.3. The summed E-state index contributed by atoms with van der Waals surface area (Å²) < 4.78 is 0.858. The maximum Gasteiger partial charge on any atom is 0.255 e. The first-order chi connectivity index (χ1) is 14.7. The number of anilines is 5. The topological polar surface area (TPSA) is 91.8 Å². The number of nitrogens with zero attached hydrogens (tertiary/aromatic N) is 3. The van der Waals surface area contributed by atoms with Crippen LogP contribution in [0.4, 0.5) is 28.8 Å². The van der Waals surface area contributed by atoms with Crippen molar-refractivity contribution in [2.24, 2.45) is 0 Å². The van der Waals surface area contributed by atoms with Gasteiger partial charge >= 0.3 is 0 Å². The van der Waals surface area contributed by atoms with Crippen molar-refractivity contribution in [1.29, 1.82) is 0 Å². The molecule has 0 atom stereocenters. The van der Waals surface area contributed by atoms with Gasteiger partial charge in [-0.1, -0.05) is 28.1 Å². The minimum absolute atomic E-state index is 0.168.